The molecule has 0 saturated carbocycles. The van der Waals surface area contributed by atoms with E-state index in [-0.39, 0.29) is 28.9 Å². The van der Waals surface area contributed by atoms with Gasteiger partial charge in [0.25, 0.3) is 15.9 Å². The maximum atomic E-state index is 13.6. The van der Waals surface area contributed by atoms with Crippen LogP contribution < -0.4 is 15.8 Å². The molecule has 38 heavy (non-hydrogen) atoms. The SMILES string of the molecule is Cc1cc(F)ccc1Nc1cc(S(=O)(=O)NCC(N)=O)ncc1C(=O)N1CCC(c2ccc(F)cc2)CC1. The standard InChI is InChI=1S/C26H27F2N5O4S/c1-16-12-20(28)6-7-22(16)32-23-13-25(38(36,37)31-15-24(29)34)30-14-21(23)26(35)33-10-8-18(9-11-33)17-2-4-19(27)5-3-17/h2-7,12-14,18,31H,8-11,15H2,1H3,(H2,29,34)(H,30,32). The normalized spacial score (nSPS) is 14.3. The molecule has 1 aliphatic heterocycles. The number of anilines is 2. The van der Waals surface area contributed by atoms with Crippen LogP contribution in [0.4, 0.5) is 20.2 Å². The molecule has 0 unspecified atom stereocenters. The minimum Gasteiger partial charge on any atom is -0.369 e. The van der Waals surface area contributed by atoms with E-state index in [2.05, 4.69) is 15.0 Å². The number of carbonyl (C=O) groups is 2. The number of hydrogen-bond acceptors (Lipinski definition) is 6. The highest BCUT2D eigenvalue weighted by Crippen LogP contribution is 2.31. The minimum absolute atomic E-state index is 0.128. The number of benzene rings is 2. The van der Waals surface area contributed by atoms with Crippen molar-refractivity contribution in [2.45, 2.75) is 30.7 Å². The van der Waals surface area contributed by atoms with Crippen LogP contribution in [-0.4, -0.2) is 49.8 Å². The number of nitrogens with zero attached hydrogens (tertiary/aromatic N) is 2. The predicted molar refractivity (Wildman–Crippen MR) is 137 cm³/mol. The van der Waals surface area contributed by atoms with Crippen LogP contribution in [0.1, 0.15) is 40.2 Å². The van der Waals surface area contributed by atoms with Crippen LogP contribution in [0.3, 0.4) is 0 Å². The summed E-state index contributed by atoms with van der Waals surface area (Å²) < 4.78 is 54.3. The van der Waals surface area contributed by atoms with Crippen molar-refractivity contribution in [3.8, 4) is 0 Å². The fraction of sp³-hybridized carbons (Fsp3) is 0.269. The quantitative estimate of drug-likeness (QED) is 0.400. The Morgan fingerprint density at radius 2 is 1.68 bits per heavy atom. The Labute approximate surface area is 219 Å². The number of carbonyl (C=O) groups excluding carboxylic acids is 2. The second-order valence-corrected chi connectivity index (χ2v) is 10.8. The molecule has 1 saturated heterocycles. The number of primary amides is 1. The van der Waals surface area contributed by atoms with Crippen LogP contribution >= 0.6 is 0 Å². The van der Waals surface area contributed by atoms with E-state index in [1.165, 1.54) is 36.4 Å². The molecule has 4 rings (SSSR count). The lowest BCUT2D eigenvalue weighted by Crippen LogP contribution is -2.38. The number of pyridine rings is 1. The lowest BCUT2D eigenvalue weighted by atomic mass is 9.89. The molecule has 3 aromatic rings. The largest absolute Gasteiger partial charge is 0.369 e. The molecule has 1 aromatic heterocycles. The summed E-state index contributed by atoms with van der Waals surface area (Å²) in [6.45, 7) is 1.93. The Kier molecular flexibility index (Phi) is 8.02. The Balaban J connectivity index is 1.61. The van der Waals surface area contributed by atoms with Crippen molar-refractivity contribution >= 4 is 33.2 Å². The smallest absolute Gasteiger partial charge is 0.258 e. The monoisotopic (exact) mass is 543 g/mol. The summed E-state index contributed by atoms with van der Waals surface area (Å²) in [5.41, 5.74) is 7.34. The number of nitrogens with two attached hydrogens (primary N) is 1. The zero-order valence-corrected chi connectivity index (χ0v) is 21.4. The van der Waals surface area contributed by atoms with Gasteiger partial charge in [0.1, 0.15) is 11.6 Å². The number of aryl methyl sites for hydroxylation is 1. The fourth-order valence-corrected chi connectivity index (χ4v) is 5.28. The third-order valence-electron chi connectivity index (χ3n) is 6.40. The van der Waals surface area contributed by atoms with Crippen LogP contribution in [0, 0.1) is 18.6 Å². The van der Waals surface area contributed by atoms with Gasteiger partial charge in [-0.05, 0) is 67.1 Å². The van der Waals surface area contributed by atoms with Crippen molar-refractivity contribution < 1.29 is 26.8 Å². The molecular weight excluding hydrogens is 516 g/mol. The zero-order chi connectivity index (χ0) is 27.4. The summed E-state index contributed by atoms with van der Waals surface area (Å²) in [6, 6.07) is 11.5. The van der Waals surface area contributed by atoms with E-state index in [1.54, 1.807) is 24.0 Å². The van der Waals surface area contributed by atoms with Crippen LogP contribution in [0.2, 0.25) is 0 Å². The first-order valence-corrected chi connectivity index (χ1v) is 13.4. The van der Waals surface area contributed by atoms with Crippen molar-refractivity contribution in [3.63, 3.8) is 0 Å². The zero-order valence-electron chi connectivity index (χ0n) is 20.6. The molecule has 0 aliphatic carbocycles. The molecule has 2 heterocycles. The number of nitrogens with one attached hydrogen (secondary N) is 2. The summed E-state index contributed by atoms with van der Waals surface area (Å²) in [6.07, 6.45) is 2.51. The average Bonchev–Trinajstić information content (AvgIpc) is 2.89. The maximum absolute atomic E-state index is 13.6. The molecule has 4 N–H and O–H groups in total. The van der Waals surface area contributed by atoms with Crippen molar-refractivity contribution in [1.29, 1.82) is 0 Å². The summed E-state index contributed by atoms with van der Waals surface area (Å²) in [5, 5.41) is 2.61. The van der Waals surface area contributed by atoms with Gasteiger partial charge in [-0.25, -0.2) is 26.9 Å². The predicted octanol–water partition coefficient (Wildman–Crippen LogP) is 3.20. The molecule has 2 amide bonds. The maximum Gasteiger partial charge on any atom is 0.258 e. The molecule has 2 aromatic carbocycles. The minimum atomic E-state index is -4.21. The number of aromatic nitrogens is 1. The molecule has 200 valence electrons. The van der Waals surface area contributed by atoms with E-state index < -0.39 is 33.3 Å². The van der Waals surface area contributed by atoms with Gasteiger partial charge in [-0.2, -0.15) is 0 Å². The highest BCUT2D eigenvalue weighted by molar-refractivity contribution is 7.89. The molecule has 0 bridgehead atoms. The van der Waals surface area contributed by atoms with E-state index in [9.17, 15) is 26.8 Å². The number of halogens is 2. The van der Waals surface area contributed by atoms with Gasteiger partial charge >= 0.3 is 0 Å². The molecule has 1 aliphatic rings. The lowest BCUT2D eigenvalue weighted by molar-refractivity contribution is -0.116. The molecule has 1 fully saturated rings. The number of sulfonamides is 1. The van der Waals surface area contributed by atoms with Crippen molar-refractivity contribution in [3.05, 3.63) is 83.1 Å². The van der Waals surface area contributed by atoms with Gasteiger partial charge in [0.05, 0.1) is 17.8 Å². The lowest BCUT2D eigenvalue weighted by Gasteiger charge is -2.32. The highest BCUT2D eigenvalue weighted by Gasteiger charge is 2.28. The third kappa shape index (κ3) is 6.32. The van der Waals surface area contributed by atoms with Gasteiger partial charge in [-0.15, -0.1) is 0 Å². The first-order valence-electron chi connectivity index (χ1n) is 11.9. The fourth-order valence-electron chi connectivity index (χ4n) is 4.33. The van der Waals surface area contributed by atoms with E-state index in [1.807, 2.05) is 0 Å². The summed E-state index contributed by atoms with van der Waals surface area (Å²) in [5.74, 6) is -1.79. The number of amides is 2. The molecular formula is C26H27F2N5O4S. The summed E-state index contributed by atoms with van der Waals surface area (Å²) in [7, 11) is -4.21. The van der Waals surface area contributed by atoms with Gasteiger partial charge in [0.2, 0.25) is 5.91 Å². The van der Waals surface area contributed by atoms with Gasteiger partial charge < -0.3 is 16.0 Å². The van der Waals surface area contributed by atoms with E-state index in [0.29, 0.717) is 37.2 Å². The second kappa shape index (κ2) is 11.2. The first-order chi connectivity index (χ1) is 18.0. The number of hydrogen-bond donors (Lipinski definition) is 3. The first kappa shape index (κ1) is 27.1. The highest BCUT2D eigenvalue weighted by atomic mass is 32.2. The van der Waals surface area contributed by atoms with Crippen molar-refractivity contribution in [2.24, 2.45) is 5.73 Å². The molecule has 12 heteroatoms. The van der Waals surface area contributed by atoms with Crippen LogP contribution in [0.15, 0.2) is 59.8 Å². The summed E-state index contributed by atoms with van der Waals surface area (Å²) >= 11 is 0. The molecule has 0 radical (unpaired) electrons. The topological polar surface area (TPSA) is 134 Å². The van der Waals surface area contributed by atoms with Gasteiger partial charge in [-0.3, -0.25) is 9.59 Å². The van der Waals surface area contributed by atoms with E-state index >= 15 is 0 Å². The average molecular weight is 544 g/mol. The molecule has 0 spiro atoms. The van der Waals surface area contributed by atoms with Crippen molar-refractivity contribution in [2.75, 3.05) is 25.0 Å². The second-order valence-electron chi connectivity index (χ2n) is 9.06. The number of rotatable bonds is 8. The van der Waals surface area contributed by atoms with Gasteiger partial charge in [0.15, 0.2) is 5.03 Å². The molecule has 9 nitrogen and oxygen atoms in total. The molecule has 0 atom stereocenters. The van der Waals surface area contributed by atoms with Crippen LogP contribution in [0.5, 0.6) is 0 Å². The third-order valence-corrected chi connectivity index (χ3v) is 7.70. The van der Waals surface area contributed by atoms with Gasteiger partial charge in [0, 0.05) is 31.0 Å². The van der Waals surface area contributed by atoms with Gasteiger partial charge in [-0.1, -0.05) is 12.1 Å². The van der Waals surface area contributed by atoms with Crippen LogP contribution in [0.25, 0.3) is 0 Å². The Bertz CT molecular complexity index is 1460. The Morgan fingerprint density at radius 3 is 2.32 bits per heavy atom. The van der Waals surface area contributed by atoms with E-state index in [0.717, 1.165) is 11.8 Å². The number of piperidine rings is 1. The van der Waals surface area contributed by atoms with E-state index in [4.69, 9.17) is 5.73 Å². The summed E-state index contributed by atoms with van der Waals surface area (Å²) in [4.78, 5) is 30.2. The Hall–Kier alpha value is -3.90. The van der Waals surface area contributed by atoms with Crippen LogP contribution in [-0.2, 0) is 14.8 Å². The Morgan fingerprint density at radius 1 is 1.03 bits per heavy atom. The number of likely N-dealkylation sites (tertiary alicyclic amines) is 1. The van der Waals surface area contributed by atoms with Crippen molar-refractivity contribution in [1.82, 2.24) is 14.6 Å².